The third kappa shape index (κ3) is 3.83. The minimum atomic E-state index is -3.63. The molecule has 1 heterocycles. The molecular formula is C13H14N2O5S3. The van der Waals surface area contributed by atoms with Crippen molar-refractivity contribution in [3.8, 4) is 11.5 Å². The van der Waals surface area contributed by atoms with Crippen LogP contribution < -0.4 is 9.46 Å². The lowest BCUT2D eigenvalue weighted by Crippen LogP contribution is -2.37. The second kappa shape index (κ2) is 6.87. The van der Waals surface area contributed by atoms with Crippen LogP contribution in [0.15, 0.2) is 23.1 Å². The number of thioether (sulfide) groups is 1. The fourth-order valence-electron chi connectivity index (χ4n) is 1.81. The molecule has 7 nitrogen and oxygen atoms in total. The average molecular weight is 374 g/mol. The molecule has 0 aliphatic carbocycles. The molecule has 0 aromatic heterocycles. The Morgan fingerprint density at radius 1 is 1.48 bits per heavy atom. The predicted molar refractivity (Wildman–Crippen MR) is 92.5 cm³/mol. The van der Waals surface area contributed by atoms with E-state index in [1.54, 1.807) is 18.2 Å². The summed E-state index contributed by atoms with van der Waals surface area (Å²) in [6.45, 7) is 0. The van der Waals surface area contributed by atoms with Gasteiger partial charge in [-0.3, -0.25) is 9.69 Å². The van der Waals surface area contributed by atoms with Crippen molar-refractivity contribution in [1.82, 2.24) is 9.62 Å². The van der Waals surface area contributed by atoms with E-state index in [0.717, 1.165) is 16.7 Å². The molecule has 2 N–H and O–H groups in total. The number of para-hydroxylation sites is 1. The molecule has 124 valence electrons. The zero-order chi connectivity index (χ0) is 17.2. The van der Waals surface area contributed by atoms with E-state index in [1.165, 1.54) is 20.2 Å². The Kier molecular flexibility index (Phi) is 5.30. The van der Waals surface area contributed by atoms with E-state index in [1.807, 2.05) is 0 Å². The summed E-state index contributed by atoms with van der Waals surface area (Å²) in [6, 6.07) is 4.85. The van der Waals surface area contributed by atoms with Gasteiger partial charge in [0.2, 0.25) is 10.0 Å². The summed E-state index contributed by atoms with van der Waals surface area (Å²) in [5.41, 5.74) is 0.376. The molecule has 1 aliphatic rings. The van der Waals surface area contributed by atoms with Gasteiger partial charge in [0.05, 0.1) is 12.0 Å². The molecule has 23 heavy (non-hydrogen) atoms. The van der Waals surface area contributed by atoms with Gasteiger partial charge in [0.1, 0.15) is 10.2 Å². The maximum Gasteiger partial charge on any atom is 0.267 e. The summed E-state index contributed by atoms with van der Waals surface area (Å²) < 4.78 is 30.5. The largest absolute Gasteiger partial charge is 0.504 e. The zero-order valence-electron chi connectivity index (χ0n) is 12.3. The SMILES string of the molecule is CNS(=O)(=O)CN1C(=O)/C(=C/c2cccc(OC)c2O)SC1=S. The van der Waals surface area contributed by atoms with E-state index in [4.69, 9.17) is 17.0 Å². The van der Waals surface area contributed by atoms with E-state index in [0.29, 0.717) is 5.56 Å². The zero-order valence-corrected chi connectivity index (χ0v) is 14.7. The van der Waals surface area contributed by atoms with Crippen molar-refractivity contribution in [2.24, 2.45) is 0 Å². The topological polar surface area (TPSA) is 95.9 Å². The maximum atomic E-state index is 12.3. The number of rotatable bonds is 5. The predicted octanol–water partition coefficient (Wildman–Crippen LogP) is 1.11. The number of thiocarbonyl (C=S) groups is 1. The first-order valence-electron chi connectivity index (χ1n) is 6.31. The van der Waals surface area contributed by atoms with Gasteiger partial charge in [0.25, 0.3) is 5.91 Å². The quantitative estimate of drug-likeness (QED) is 0.589. The Balaban J connectivity index is 2.33. The summed E-state index contributed by atoms with van der Waals surface area (Å²) >= 11 is 6.03. The number of ether oxygens (including phenoxy) is 1. The molecule has 0 saturated carbocycles. The second-order valence-electron chi connectivity index (χ2n) is 4.46. The average Bonchev–Trinajstić information content (AvgIpc) is 2.77. The van der Waals surface area contributed by atoms with Crippen LogP contribution in [0.4, 0.5) is 0 Å². The number of phenols is 1. The minimum Gasteiger partial charge on any atom is -0.504 e. The molecule has 0 bridgehead atoms. The summed E-state index contributed by atoms with van der Waals surface area (Å²) in [7, 11) is -0.948. The highest BCUT2D eigenvalue weighted by Crippen LogP contribution is 2.36. The van der Waals surface area contributed by atoms with Crippen LogP contribution in [0.3, 0.4) is 0 Å². The Hall–Kier alpha value is -1.62. The first-order valence-corrected chi connectivity index (χ1v) is 9.19. The number of carbonyl (C=O) groups excluding carboxylic acids is 1. The van der Waals surface area contributed by atoms with Crippen LogP contribution in [0.2, 0.25) is 0 Å². The van der Waals surface area contributed by atoms with Crippen LogP contribution in [0.25, 0.3) is 6.08 Å². The van der Waals surface area contributed by atoms with Crippen molar-refractivity contribution in [2.75, 3.05) is 20.0 Å². The summed E-state index contributed by atoms with van der Waals surface area (Å²) in [4.78, 5) is 13.5. The van der Waals surface area contributed by atoms with Gasteiger partial charge in [0.15, 0.2) is 11.5 Å². The van der Waals surface area contributed by atoms with Crippen molar-refractivity contribution in [2.45, 2.75) is 0 Å². The van der Waals surface area contributed by atoms with E-state index in [9.17, 15) is 18.3 Å². The van der Waals surface area contributed by atoms with Crippen molar-refractivity contribution in [3.05, 3.63) is 28.7 Å². The molecule has 1 fully saturated rings. The van der Waals surface area contributed by atoms with Crippen LogP contribution in [-0.2, 0) is 14.8 Å². The molecule has 0 radical (unpaired) electrons. The molecule has 1 saturated heterocycles. The lowest BCUT2D eigenvalue weighted by Gasteiger charge is -2.13. The van der Waals surface area contributed by atoms with Crippen molar-refractivity contribution in [1.29, 1.82) is 0 Å². The van der Waals surface area contributed by atoms with Crippen LogP contribution in [0.5, 0.6) is 11.5 Å². The lowest BCUT2D eigenvalue weighted by atomic mass is 10.1. The van der Waals surface area contributed by atoms with Crippen molar-refractivity contribution < 1.29 is 23.1 Å². The highest BCUT2D eigenvalue weighted by atomic mass is 32.2. The minimum absolute atomic E-state index is 0.108. The lowest BCUT2D eigenvalue weighted by molar-refractivity contribution is -0.121. The van der Waals surface area contributed by atoms with E-state index in [-0.39, 0.29) is 20.7 Å². The number of sulfonamides is 1. The Bertz CT molecular complexity index is 789. The van der Waals surface area contributed by atoms with Gasteiger partial charge in [-0.1, -0.05) is 36.1 Å². The molecule has 2 rings (SSSR count). The number of nitrogens with one attached hydrogen (secondary N) is 1. The number of phenolic OH excluding ortho intramolecular Hbond substituents is 1. The number of aromatic hydroxyl groups is 1. The fraction of sp³-hybridized carbons (Fsp3) is 0.231. The van der Waals surface area contributed by atoms with Crippen molar-refractivity contribution >= 4 is 50.3 Å². The molecular weight excluding hydrogens is 360 g/mol. The molecule has 0 atom stereocenters. The van der Waals surface area contributed by atoms with Gasteiger partial charge in [0, 0.05) is 5.56 Å². The number of carbonyl (C=O) groups is 1. The van der Waals surface area contributed by atoms with Crippen LogP contribution in [0, 0.1) is 0 Å². The molecule has 1 amide bonds. The molecule has 0 unspecified atom stereocenters. The van der Waals surface area contributed by atoms with E-state index < -0.39 is 21.8 Å². The number of methoxy groups -OCH3 is 1. The Labute approximate surface area is 143 Å². The van der Waals surface area contributed by atoms with Crippen LogP contribution in [0.1, 0.15) is 5.56 Å². The summed E-state index contributed by atoms with van der Waals surface area (Å²) in [6.07, 6.45) is 1.45. The number of amides is 1. The first kappa shape index (κ1) is 17.7. The van der Waals surface area contributed by atoms with Crippen LogP contribution >= 0.6 is 24.0 Å². The van der Waals surface area contributed by atoms with Gasteiger partial charge in [-0.05, 0) is 19.2 Å². The van der Waals surface area contributed by atoms with E-state index >= 15 is 0 Å². The Morgan fingerprint density at radius 2 is 2.17 bits per heavy atom. The number of hydrogen-bond acceptors (Lipinski definition) is 7. The van der Waals surface area contributed by atoms with Crippen LogP contribution in [-0.4, -0.2) is 48.7 Å². The third-order valence-electron chi connectivity index (χ3n) is 3.02. The number of benzene rings is 1. The second-order valence-corrected chi connectivity index (χ2v) is 8.03. The normalized spacial score (nSPS) is 17.1. The smallest absolute Gasteiger partial charge is 0.267 e. The van der Waals surface area contributed by atoms with Gasteiger partial charge in [-0.15, -0.1) is 0 Å². The monoisotopic (exact) mass is 374 g/mol. The molecule has 1 aromatic rings. The third-order valence-corrected chi connectivity index (χ3v) is 5.62. The molecule has 1 aromatic carbocycles. The van der Waals surface area contributed by atoms with Crippen molar-refractivity contribution in [3.63, 3.8) is 0 Å². The standard InChI is InChI=1S/C13H14N2O5S3/c1-14-23(18,19)7-15-12(17)10(22-13(15)21)6-8-4-3-5-9(20-2)11(8)16/h3-6,14,16H,7H2,1-2H3/b10-6-. The van der Waals surface area contributed by atoms with Gasteiger partial charge >= 0.3 is 0 Å². The first-order chi connectivity index (χ1) is 10.8. The summed E-state index contributed by atoms with van der Waals surface area (Å²) in [5.74, 6) is -0.911. The van der Waals surface area contributed by atoms with Gasteiger partial charge in [-0.2, -0.15) is 0 Å². The number of hydrogen-bond donors (Lipinski definition) is 2. The molecule has 10 heteroatoms. The highest BCUT2D eigenvalue weighted by molar-refractivity contribution is 8.26. The Morgan fingerprint density at radius 3 is 2.78 bits per heavy atom. The summed E-state index contributed by atoms with van der Waals surface area (Å²) in [5, 5.41) is 10.0. The molecule has 0 spiro atoms. The maximum absolute atomic E-state index is 12.3. The number of nitrogens with zero attached hydrogens (tertiary/aromatic N) is 1. The molecule has 1 aliphatic heterocycles. The highest BCUT2D eigenvalue weighted by Gasteiger charge is 2.34. The van der Waals surface area contributed by atoms with Gasteiger partial charge < -0.3 is 9.84 Å². The fourth-order valence-corrected chi connectivity index (χ4v) is 3.93. The van der Waals surface area contributed by atoms with Gasteiger partial charge in [-0.25, -0.2) is 13.1 Å². The van der Waals surface area contributed by atoms with E-state index in [2.05, 4.69) is 4.72 Å².